The minimum Gasteiger partial charge on any atom is -0.460 e. The molecule has 2 fully saturated rings. The van der Waals surface area contributed by atoms with E-state index in [1.165, 1.54) is 19.9 Å². The minimum atomic E-state index is -1.66. The maximum absolute atomic E-state index is 13.0. The van der Waals surface area contributed by atoms with Crippen LogP contribution in [0.25, 0.3) is 22.1 Å². The first kappa shape index (κ1) is 26.6. The number of para-hydroxylation sites is 2. The molecule has 3 aromatic rings. The number of benzene rings is 2. The average Bonchev–Trinajstić information content (AvgIpc) is 2.91. The van der Waals surface area contributed by atoms with Gasteiger partial charge in [-0.2, -0.15) is 0 Å². The molecule has 204 valence electrons. The maximum atomic E-state index is 13.0. The van der Waals surface area contributed by atoms with Gasteiger partial charge in [0.1, 0.15) is 47.7 Å². The van der Waals surface area contributed by atoms with Gasteiger partial charge in [-0.1, -0.05) is 12.1 Å². The molecule has 0 spiro atoms. The maximum Gasteiger partial charge on any atom is 0.342 e. The lowest BCUT2D eigenvalue weighted by atomic mass is 10.00. The summed E-state index contributed by atoms with van der Waals surface area (Å²) in [5.74, 6) is -0.707. The van der Waals surface area contributed by atoms with Gasteiger partial charge in [-0.25, -0.2) is 14.8 Å². The molecule has 0 saturated carbocycles. The fourth-order valence-electron chi connectivity index (χ4n) is 4.47. The van der Waals surface area contributed by atoms with Crippen LogP contribution in [-0.2, 0) is 14.2 Å². The molecule has 6 N–H and O–H groups in total. The molecular weight excluding hydrogens is 504 g/mol. The van der Waals surface area contributed by atoms with Crippen LogP contribution in [0.15, 0.2) is 36.4 Å². The van der Waals surface area contributed by atoms with E-state index in [0.717, 1.165) is 0 Å². The summed E-state index contributed by atoms with van der Waals surface area (Å²) in [5.41, 5.74) is 1.11. The number of esters is 1. The summed E-state index contributed by atoms with van der Waals surface area (Å²) in [5, 5.41) is 60.4. The van der Waals surface area contributed by atoms with Crippen LogP contribution in [-0.4, -0.2) is 108 Å². The molecule has 10 atom stereocenters. The molecule has 38 heavy (non-hydrogen) atoms. The number of nitrogens with zero attached hydrogens (tertiary/aromatic N) is 2. The van der Waals surface area contributed by atoms with Crippen LogP contribution in [0.1, 0.15) is 24.2 Å². The van der Waals surface area contributed by atoms with Crippen LogP contribution in [0, 0.1) is 0 Å². The third kappa shape index (κ3) is 4.67. The van der Waals surface area contributed by atoms with Crippen LogP contribution in [0.3, 0.4) is 0 Å². The number of aliphatic hydroxyl groups is 6. The Balaban J connectivity index is 1.44. The summed E-state index contributed by atoms with van der Waals surface area (Å²) in [6.07, 6.45) is -13.3. The number of carbonyl (C=O) groups excluding carboxylic acids is 1. The molecule has 3 heterocycles. The second kappa shape index (κ2) is 10.3. The van der Waals surface area contributed by atoms with Crippen LogP contribution >= 0.6 is 0 Å². The van der Waals surface area contributed by atoms with Crippen molar-refractivity contribution in [2.24, 2.45) is 0 Å². The van der Waals surface area contributed by atoms with E-state index in [4.69, 9.17) is 18.9 Å². The van der Waals surface area contributed by atoms with Crippen LogP contribution in [0.5, 0.6) is 5.75 Å². The van der Waals surface area contributed by atoms with Crippen molar-refractivity contribution >= 4 is 28.0 Å². The van der Waals surface area contributed by atoms with Crippen LogP contribution in [0.2, 0.25) is 0 Å². The predicted octanol–water partition coefficient (Wildman–Crippen LogP) is -1.03. The first-order valence-electron chi connectivity index (χ1n) is 12.0. The molecule has 2 saturated heterocycles. The Labute approximate surface area is 215 Å². The molecule has 2 aliphatic rings. The van der Waals surface area contributed by atoms with Crippen molar-refractivity contribution in [3.63, 3.8) is 0 Å². The fourth-order valence-corrected chi connectivity index (χ4v) is 4.47. The lowest BCUT2D eigenvalue weighted by Gasteiger charge is -2.38. The Bertz CT molecular complexity index is 1340. The van der Waals surface area contributed by atoms with E-state index in [0.29, 0.717) is 11.0 Å². The smallest absolute Gasteiger partial charge is 0.342 e. The van der Waals surface area contributed by atoms with Crippen LogP contribution < -0.4 is 4.74 Å². The second-order valence-corrected chi connectivity index (χ2v) is 9.41. The van der Waals surface area contributed by atoms with Gasteiger partial charge < -0.3 is 49.6 Å². The Kier molecular flexibility index (Phi) is 7.19. The molecule has 13 heteroatoms. The third-order valence-electron chi connectivity index (χ3n) is 6.76. The number of hydrogen-bond donors (Lipinski definition) is 6. The molecule has 13 nitrogen and oxygen atoms in total. The third-order valence-corrected chi connectivity index (χ3v) is 6.76. The SMILES string of the molecule is CC1OC(OC(=O)c2cccc3nc4c(OC5OC(C)C(O)C(O)C5O)cccc4nc23)C(O)C(O)C1O. The van der Waals surface area contributed by atoms with Gasteiger partial charge in [0.15, 0.2) is 5.75 Å². The van der Waals surface area contributed by atoms with Crippen molar-refractivity contribution in [2.45, 2.75) is 75.3 Å². The number of rotatable bonds is 4. The first-order chi connectivity index (χ1) is 18.1. The molecule has 5 rings (SSSR count). The van der Waals surface area contributed by atoms with Crippen molar-refractivity contribution in [3.05, 3.63) is 42.0 Å². The van der Waals surface area contributed by atoms with Gasteiger partial charge >= 0.3 is 5.97 Å². The summed E-state index contributed by atoms with van der Waals surface area (Å²) < 4.78 is 22.0. The highest BCUT2D eigenvalue weighted by Crippen LogP contribution is 2.31. The van der Waals surface area contributed by atoms with Crippen molar-refractivity contribution in [2.75, 3.05) is 0 Å². The number of carbonyl (C=O) groups is 1. The zero-order chi connectivity index (χ0) is 27.3. The summed E-state index contributed by atoms with van der Waals surface area (Å²) in [4.78, 5) is 22.1. The summed E-state index contributed by atoms with van der Waals surface area (Å²) in [6.45, 7) is 3.00. The van der Waals surface area contributed by atoms with Gasteiger partial charge in [0.05, 0.1) is 28.8 Å². The van der Waals surface area contributed by atoms with E-state index in [-0.39, 0.29) is 22.3 Å². The van der Waals surface area contributed by atoms with E-state index < -0.39 is 67.4 Å². The zero-order valence-electron chi connectivity index (χ0n) is 20.4. The van der Waals surface area contributed by atoms with Crippen LogP contribution in [0.4, 0.5) is 0 Å². The molecular formula is C25H28N2O11. The molecule has 0 bridgehead atoms. The van der Waals surface area contributed by atoms with Crippen molar-refractivity contribution in [1.29, 1.82) is 0 Å². The average molecular weight is 533 g/mol. The number of aromatic nitrogens is 2. The number of hydrogen-bond acceptors (Lipinski definition) is 13. The fraction of sp³-hybridized carbons (Fsp3) is 0.480. The monoisotopic (exact) mass is 532 g/mol. The van der Waals surface area contributed by atoms with Crippen molar-refractivity contribution < 1.29 is 54.4 Å². The number of ether oxygens (including phenoxy) is 4. The van der Waals surface area contributed by atoms with Gasteiger partial charge in [-0.15, -0.1) is 0 Å². The van der Waals surface area contributed by atoms with Crippen molar-refractivity contribution in [1.82, 2.24) is 9.97 Å². The zero-order valence-corrected chi connectivity index (χ0v) is 20.4. The van der Waals surface area contributed by atoms with E-state index in [1.807, 2.05) is 0 Å². The molecule has 2 aromatic carbocycles. The summed E-state index contributed by atoms with van der Waals surface area (Å²) in [6, 6.07) is 9.43. The van der Waals surface area contributed by atoms with Gasteiger partial charge in [0, 0.05) is 0 Å². The molecule has 10 unspecified atom stereocenters. The first-order valence-corrected chi connectivity index (χ1v) is 12.0. The van der Waals surface area contributed by atoms with Gasteiger partial charge in [0.2, 0.25) is 12.6 Å². The van der Waals surface area contributed by atoms with E-state index >= 15 is 0 Å². The van der Waals surface area contributed by atoms with Gasteiger partial charge in [-0.3, -0.25) is 0 Å². The highest BCUT2D eigenvalue weighted by atomic mass is 16.7. The predicted molar refractivity (Wildman–Crippen MR) is 128 cm³/mol. The van der Waals surface area contributed by atoms with Crippen molar-refractivity contribution in [3.8, 4) is 5.75 Å². The largest absolute Gasteiger partial charge is 0.460 e. The quantitative estimate of drug-likeness (QED) is 0.176. The molecule has 1 aromatic heterocycles. The molecule has 0 amide bonds. The Morgan fingerprint density at radius 1 is 0.711 bits per heavy atom. The normalized spacial score (nSPS) is 35.8. The molecule has 0 radical (unpaired) electrons. The molecule has 0 aliphatic carbocycles. The van der Waals surface area contributed by atoms with E-state index in [2.05, 4.69) is 9.97 Å². The lowest BCUT2D eigenvalue weighted by Crippen LogP contribution is -2.58. The highest BCUT2D eigenvalue weighted by molar-refractivity contribution is 6.03. The van der Waals surface area contributed by atoms with E-state index in [1.54, 1.807) is 30.3 Å². The van der Waals surface area contributed by atoms with Gasteiger partial charge in [-0.05, 0) is 38.1 Å². The van der Waals surface area contributed by atoms with Gasteiger partial charge in [0.25, 0.3) is 0 Å². The lowest BCUT2D eigenvalue weighted by molar-refractivity contribution is -0.276. The highest BCUT2D eigenvalue weighted by Gasteiger charge is 2.45. The number of fused-ring (bicyclic) bond motifs is 2. The Morgan fingerprint density at radius 3 is 1.89 bits per heavy atom. The standard InChI is InChI=1S/C25H28N2O11/c1-9-17(28)19(30)21(32)24(35-9)37-14-8-4-7-13-16(14)27-12-6-3-5-11(15(12)26-13)23(34)38-25-22(33)20(31)18(29)10(2)36-25/h3-10,17-22,24-25,28-33H,1-2H3. The van der Waals surface area contributed by atoms with E-state index in [9.17, 15) is 35.4 Å². The topological polar surface area (TPSA) is 201 Å². The Morgan fingerprint density at radius 2 is 1.24 bits per heavy atom. The molecule has 2 aliphatic heterocycles. The summed E-state index contributed by atoms with van der Waals surface area (Å²) in [7, 11) is 0. The Hall–Kier alpha value is -3.01. The minimum absolute atomic E-state index is 0.0178. The second-order valence-electron chi connectivity index (χ2n) is 9.41. The summed E-state index contributed by atoms with van der Waals surface area (Å²) >= 11 is 0. The number of aliphatic hydroxyl groups excluding tert-OH is 6.